The van der Waals surface area contributed by atoms with Crippen LogP contribution in [0, 0.1) is 5.82 Å². The first-order valence-electron chi connectivity index (χ1n) is 5.10. The Morgan fingerprint density at radius 3 is 2.82 bits per heavy atom. The average Bonchev–Trinajstić information content (AvgIpc) is 2.85. The van der Waals surface area contributed by atoms with Gasteiger partial charge < -0.3 is 9.15 Å². The number of carbonyl (C=O) groups excluding carboxylic acids is 1. The van der Waals surface area contributed by atoms with E-state index in [1.165, 1.54) is 19.4 Å². The molecule has 0 spiro atoms. The van der Waals surface area contributed by atoms with Crippen molar-refractivity contribution in [1.82, 2.24) is 0 Å². The first-order valence-corrected chi connectivity index (χ1v) is 5.10. The quantitative estimate of drug-likeness (QED) is 0.763. The Kier molecular flexibility index (Phi) is 3.23. The summed E-state index contributed by atoms with van der Waals surface area (Å²) in [6.07, 6.45) is 1.37. The molecule has 1 aromatic carbocycles. The molecule has 1 heterocycles. The summed E-state index contributed by atoms with van der Waals surface area (Å²) in [5.74, 6) is -0.404. The number of hydrogen-bond donors (Lipinski definition) is 0. The van der Waals surface area contributed by atoms with E-state index in [2.05, 4.69) is 0 Å². The van der Waals surface area contributed by atoms with Crippen LogP contribution in [0.25, 0.3) is 0 Å². The van der Waals surface area contributed by atoms with E-state index in [1.807, 2.05) is 0 Å². The molecular formula is C13H11FO3. The van der Waals surface area contributed by atoms with Gasteiger partial charge in [0.25, 0.3) is 0 Å². The van der Waals surface area contributed by atoms with Crippen LogP contribution in [0.3, 0.4) is 0 Å². The molecule has 0 N–H and O–H groups in total. The zero-order valence-electron chi connectivity index (χ0n) is 9.27. The van der Waals surface area contributed by atoms with Crippen LogP contribution in [0.15, 0.2) is 41.0 Å². The Morgan fingerprint density at radius 2 is 2.18 bits per heavy atom. The van der Waals surface area contributed by atoms with Crippen molar-refractivity contribution in [2.75, 3.05) is 7.11 Å². The van der Waals surface area contributed by atoms with Crippen LogP contribution >= 0.6 is 0 Å². The molecule has 88 valence electrons. The van der Waals surface area contributed by atoms with Gasteiger partial charge in [0.15, 0.2) is 17.3 Å². The van der Waals surface area contributed by atoms with E-state index in [1.54, 1.807) is 24.3 Å². The van der Waals surface area contributed by atoms with E-state index in [-0.39, 0.29) is 23.7 Å². The van der Waals surface area contributed by atoms with Crippen LogP contribution in [0.5, 0.6) is 5.75 Å². The summed E-state index contributed by atoms with van der Waals surface area (Å²) in [5.41, 5.74) is 0.297. The second-order valence-electron chi connectivity index (χ2n) is 3.51. The number of benzene rings is 1. The van der Waals surface area contributed by atoms with Gasteiger partial charge in [-0.2, -0.15) is 0 Å². The van der Waals surface area contributed by atoms with Crippen LogP contribution in [0.4, 0.5) is 4.39 Å². The maximum atomic E-state index is 13.8. The molecule has 0 unspecified atom stereocenters. The molecule has 0 aliphatic rings. The van der Waals surface area contributed by atoms with E-state index >= 15 is 0 Å². The molecule has 1 aromatic heterocycles. The van der Waals surface area contributed by atoms with Gasteiger partial charge in [0, 0.05) is 6.42 Å². The highest BCUT2D eigenvalue weighted by molar-refractivity contribution is 5.95. The zero-order chi connectivity index (χ0) is 12.3. The summed E-state index contributed by atoms with van der Waals surface area (Å²) < 4.78 is 23.6. The van der Waals surface area contributed by atoms with Gasteiger partial charge in [0.2, 0.25) is 5.78 Å². The van der Waals surface area contributed by atoms with Crippen molar-refractivity contribution in [2.24, 2.45) is 0 Å². The zero-order valence-corrected chi connectivity index (χ0v) is 9.27. The van der Waals surface area contributed by atoms with Crippen molar-refractivity contribution in [3.05, 3.63) is 53.7 Å². The third kappa shape index (κ3) is 2.36. The third-order valence-corrected chi connectivity index (χ3v) is 2.41. The molecule has 2 rings (SSSR count). The fraction of sp³-hybridized carbons (Fsp3) is 0.154. The molecule has 2 aromatic rings. The fourth-order valence-corrected chi connectivity index (χ4v) is 1.55. The van der Waals surface area contributed by atoms with E-state index in [4.69, 9.17) is 9.15 Å². The third-order valence-electron chi connectivity index (χ3n) is 2.41. The van der Waals surface area contributed by atoms with Crippen LogP contribution in [-0.4, -0.2) is 12.9 Å². The van der Waals surface area contributed by atoms with Crippen LogP contribution in [0.1, 0.15) is 16.1 Å². The number of halogens is 1. The van der Waals surface area contributed by atoms with Crippen molar-refractivity contribution < 1.29 is 18.3 Å². The van der Waals surface area contributed by atoms with Gasteiger partial charge in [0.05, 0.1) is 13.4 Å². The molecule has 0 atom stereocenters. The first-order chi connectivity index (χ1) is 8.22. The van der Waals surface area contributed by atoms with Gasteiger partial charge in [-0.1, -0.05) is 12.1 Å². The van der Waals surface area contributed by atoms with E-state index in [0.717, 1.165) is 0 Å². The van der Waals surface area contributed by atoms with Gasteiger partial charge in [-0.3, -0.25) is 4.79 Å². The number of furan rings is 1. The van der Waals surface area contributed by atoms with Gasteiger partial charge in [-0.25, -0.2) is 4.39 Å². The second kappa shape index (κ2) is 4.82. The molecule has 3 nitrogen and oxygen atoms in total. The number of ketones is 1. The summed E-state index contributed by atoms with van der Waals surface area (Å²) in [4.78, 5) is 11.7. The molecule has 0 aliphatic carbocycles. The van der Waals surface area contributed by atoms with Crippen molar-refractivity contribution in [1.29, 1.82) is 0 Å². The summed E-state index contributed by atoms with van der Waals surface area (Å²) >= 11 is 0. The standard InChI is InChI=1S/C13H11FO3/c1-16-12-5-2-4-9(13(12)14)8-10(15)11-6-3-7-17-11/h2-7H,8H2,1H3. The van der Waals surface area contributed by atoms with Crippen molar-refractivity contribution >= 4 is 5.78 Å². The minimum absolute atomic E-state index is 0.0451. The monoisotopic (exact) mass is 234 g/mol. The summed E-state index contributed by atoms with van der Waals surface area (Å²) in [5, 5.41) is 0. The Balaban J connectivity index is 2.22. The second-order valence-corrected chi connectivity index (χ2v) is 3.51. The topological polar surface area (TPSA) is 39.4 Å². The van der Waals surface area contributed by atoms with Crippen molar-refractivity contribution in [2.45, 2.75) is 6.42 Å². The molecule has 17 heavy (non-hydrogen) atoms. The number of rotatable bonds is 4. The number of methoxy groups -OCH3 is 1. The summed E-state index contributed by atoms with van der Waals surface area (Å²) in [7, 11) is 1.39. The van der Waals surface area contributed by atoms with E-state index < -0.39 is 5.82 Å². The highest BCUT2D eigenvalue weighted by Gasteiger charge is 2.14. The lowest BCUT2D eigenvalue weighted by Gasteiger charge is -2.05. The highest BCUT2D eigenvalue weighted by atomic mass is 19.1. The number of ether oxygens (including phenoxy) is 1. The van der Waals surface area contributed by atoms with Gasteiger partial charge in [-0.15, -0.1) is 0 Å². The maximum absolute atomic E-state index is 13.8. The lowest BCUT2D eigenvalue weighted by atomic mass is 10.1. The lowest BCUT2D eigenvalue weighted by Crippen LogP contribution is -2.04. The van der Waals surface area contributed by atoms with Crippen LogP contribution in [0.2, 0.25) is 0 Å². The molecule has 0 aliphatic heterocycles. The predicted molar refractivity (Wildman–Crippen MR) is 59.7 cm³/mol. The predicted octanol–water partition coefficient (Wildman–Crippen LogP) is 2.85. The number of carbonyl (C=O) groups is 1. The van der Waals surface area contributed by atoms with Crippen LogP contribution in [-0.2, 0) is 6.42 Å². The van der Waals surface area contributed by atoms with Crippen molar-refractivity contribution in [3.63, 3.8) is 0 Å². The number of Topliss-reactive ketones (excluding diaryl/α,β-unsaturated/α-hetero) is 1. The average molecular weight is 234 g/mol. The molecule has 4 heteroatoms. The molecular weight excluding hydrogens is 223 g/mol. The van der Waals surface area contributed by atoms with Crippen LogP contribution < -0.4 is 4.74 Å². The Hall–Kier alpha value is -2.10. The largest absolute Gasteiger partial charge is 0.494 e. The normalized spacial score (nSPS) is 10.2. The Bertz CT molecular complexity index is 517. The first kappa shape index (κ1) is 11.4. The fourth-order valence-electron chi connectivity index (χ4n) is 1.55. The lowest BCUT2D eigenvalue weighted by molar-refractivity contribution is 0.0965. The van der Waals surface area contributed by atoms with Gasteiger partial charge >= 0.3 is 0 Å². The summed E-state index contributed by atoms with van der Waals surface area (Å²) in [6, 6.07) is 7.89. The molecule has 0 saturated carbocycles. The minimum atomic E-state index is -0.505. The summed E-state index contributed by atoms with van der Waals surface area (Å²) in [6.45, 7) is 0. The molecule has 0 fully saturated rings. The Labute approximate surface area is 97.8 Å². The molecule has 0 radical (unpaired) electrons. The minimum Gasteiger partial charge on any atom is -0.494 e. The Morgan fingerprint density at radius 1 is 1.35 bits per heavy atom. The van der Waals surface area contributed by atoms with Gasteiger partial charge in [0.1, 0.15) is 0 Å². The highest BCUT2D eigenvalue weighted by Crippen LogP contribution is 2.21. The number of hydrogen-bond acceptors (Lipinski definition) is 3. The van der Waals surface area contributed by atoms with E-state index in [0.29, 0.717) is 5.56 Å². The van der Waals surface area contributed by atoms with Crippen molar-refractivity contribution in [3.8, 4) is 5.75 Å². The SMILES string of the molecule is COc1cccc(CC(=O)c2ccco2)c1F. The molecule has 0 saturated heterocycles. The smallest absolute Gasteiger partial charge is 0.202 e. The van der Waals surface area contributed by atoms with E-state index in [9.17, 15) is 9.18 Å². The molecule has 0 amide bonds. The van der Waals surface area contributed by atoms with Gasteiger partial charge in [-0.05, 0) is 23.8 Å². The maximum Gasteiger partial charge on any atom is 0.202 e. The molecule has 0 bridgehead atoms.